The SMILES string of the molecule is CCCCCc1ccc(CC(N)(c2cccc(NCC(=O)O)n2)S(=O)(=O)c2ccccn2)cc1N(C)C. The van der Waals surface area contributed by atoms with Crippen LogP contribution in [0.2, 0.25) is 0 Å². The third-order valence-electron chi connectivity index (χ3n) is 6.14. The highest BCUT2D eigenvalue weighted by molar-refractivity contribution is 7.92. The van der Waals surface area contributed by atoms with Crippen LogP contribution in [0.5, 0.6) is 0 Å². The molecule has 0 bridgehead atoms. The van der Waals surface area contributed by atoms with E-state index in [4.69, 9.17) is 10.8 Å². The van der Waals surface area contributed by atoms with E-state index in [1.807, 2.05) is 37.2 Å². The van der Waals surface area contributed by atoms with Crippen LogP contribution in [-0.4, -0.2) is 50.1 Å². The molecule has 9 nitrogen and oxygen atoms in total. The third-order valence-corrected chi connectivity index (χ3v) is 8.25. The van der Waals surface area contributed by atoms with E-state index in [0.29, 0.717) is 0 Å². The summed E-state index contributed by atoms with van der Waals surface area (Å²) in [5, 5.41) is 11.5. The molecule has 0 saturated carbocycles. The first-order chi connectivity index (χ1) is 17.6. The van der Waals surface area contributed by atoms with Crippen LogP contribution in [0.15, 0.2) is 65.8 Å². The molecule has 0 fully saturated rings. The zero-order valence-electron chi connectivity index (χ0n) is 21.5. The van der Waals surface area contributed by atoms with Crippen molar-refractivity contribution in [3.8, 4) is 0 Å². The molecule has 0 aliphatic rings. The number of hydrogen-bond donors (Lipinski definition) is 3. The second kappa shape index (κ2) is 12.2. The Balaban J connectivity index is 2.09. The largest absolute Gasteiger partial charge is 0.480 e. The molecule has 10 heteroatoms. The highest BCUT2D eigenvalue weighted by Crippen LogP contribution is 2.34. The molecule has 1 aromatic carbocycles. The molecule has 0 aliphatic heterocycles. The van der Waals surface area contributed by atoms with Crippen LogP contribution >= 0.6 is 0 Å². The number of carboxylic acids is 1. The quantitative estimate of drug-likeness (QED) is 0.286. The highest BCUT2D eigenvalue weighted by Gasteiger charge is 2.45. The van der Waals surface area contributed by atoms with Gasteiger partial charge in [0.2, 0.25) is 9.84 Å². The van der Waals surface area contributed by atoms with Crippen molar-refractivity contribution in [3.63, 3.8) is 0 Å². The Morgan fingerprint density at radius 1 is 1.11 bits per heavy atom. The predicted octanol–water partition coefficient (Wildman–Crippen LogP) is 3.60. The molecule has 1 unspecified atom stereocenters. The molecule has 4 N–H and O–H groups in total. The number of hydrogen-bond acceptors (Lipinski definition) is 8. The van der Waals surface area contributed by atoms with E-state index in [0.717, 1.165) is 36.9 Å². The van der Waals surface area contributed by atoms with Gasteiger partial charge in [0.05, 0.1) is 5.69 Å². The van der Waals surface area contributed by atoms with E-state index in [9.17, 15) is 13.2 Å². The number of carbonyl (C=O) groups is 1. The zero-order valence-corrected chi connectivity index (χ0v) is 22.3. The summed E-state index contributed by atoms with van der Waals surface area (Å²) in [5.41, 5.74) is 9.82. The lowest BCUT2D eigenvalue weighted by Crippen LogP contribution is -2.47. The monoisotopic (exact) mass is 525 g/mol. The number of pyridine rings is 2. The Labute approximate surface area is 218 Å². The van der Waals surface area contributed by atoms with Crippen molar-refractivity contribution in [3.05, 3.63) is 77.6 Å². The summed E-state index contributed by atoms with van der Waals surface area (Å²) in [6.45, 7) is 1.80. The van der Waals surface area contributed by atoms with Crippen LogP contribution in [0.3, 0.4) is 0 Å². The van der Waals surface area contributed by atoms with Gasteiger partial charge in [-0.15, -0.1) is 0 Å². The molecule has 3 aromatic rings. The number of nitrogens with two attached hydrogens (primary N) is 1. The molecule has 0 spiro atoms. The number of anilines is 2. The van der Waals surface area contributed by atoms with Gasteiger partial charge in [0, 0.05) is 32.4 Å². The molecule has 2 heterocycles. The second-order valence-corrected chi connectivity index (χ2v) is 11.4. The Kier molecular flexibility index (Phi) is 9.23. The molecule has 2 aromatic heterocycles. The van der Waals surface area contributed by atoms with E-state index < -0.39 is 20.7 Å². The molecule has 3 rings (SSSR count). The Hall–Kier alpha value is -3.50. The van der Waals surface area contributed by atoms with Crippen molar-refractivity contribution in [2.75, 3.05) is 30.9 Å². The van der Waals surface area contributed by atoms with Crippen molar-refractivity contribution in [1.82, 2.24) is 9.97 Å². The molecular formula is C27H35N5O4S. The topological polar surface area (TPSA) is 139 Å². The number of unbranched alkanes of at least 4 members (excludes halogenated alkanes) is 2. The fourth-order valence-electron chi connectivity index (χ4n) is 4.17. The highest BCUT2D eigenvalue weighted by atomic mass is 32.2. The number of sulfone groups is 1. The van der Waals surface area contributed by atoms with Crippen molar-refractivity contribution in [2.24, 2.45) is 5.73 Å². The summed E-state index contributed by atoms with van der Waals surface area (Å²) in [5.74, 6) is -0.853. The summed E-state index contributed by atoms with van der Waals surface area (Å²) < 4.78 is 27.9. The zero-order chi connectivity index (χ0) is 27.1. The van der Waals surface area contributed by atoms with Gasteiger partial charge < -0.3 is 21.1 Å². The number of nitrogens with one attached hydrogen (secondary N) is 1. The first-order valence-corrected chi connectivity index (χ1v) is 13.7. The summed E-state index contributed by atoms with van der Waals surface area (Å²) in [7, 11) is -0.294. The van der Waals surface area contributed by atoms with E-state index >= 15 is 0 Å². The van der Waals surface area contributed by atoms with Gasteiger partial charge in [-0.05, 0) is 54.3 Å². The van der Waals surface area contributed by atoms with Gasteiger partial charge in [-0.25, -0.2) is 18.4 Å². The van der Waals surface area contributed by atoms with E-state index in [1.165, 1.54) is 17.8 Å². The van der Waals surface area contributed by atoms with Gasteiger partial charge in [-0.3, -0.25) is 4.79 Å². The predicted molar refractivity (Wildman–Crippen MR) is 145 cm³/mol. The summed E-state index contributed by atoms with van der Waals surface area (Å²) in [4.78, 5) is 19.6. The molecule has 1 atom stereocenters. The standard InChI is InChI=1S/C27H35N5O4S/c1-4-5-6-10-21-15-14-20(17-22(21)32(2)3)18-27(28,37(35,36)25-13-7-8-16-29-25)23-11-9-12-24(31-23)30-19-26(33)34/h7-9,11-17H,4-6,10,18-19,28H2,1-3H3,(H,30,31)(H,33,34). The average molecular weight is 526 g/mol. The summed E-state index contributed by atoms with van der Waals surface area (Å²) in [6, 6.07) is 15.3. The number of aromatic nitrogens is 2. The average Bonchev–Trinajstić information content (AvgIpc) is 2.88. The van der Waals surface area contributed by atoms with Crippen molar-refractivity contribution in [2.45, 2.75) is 48.9 Å². The van der Waals surface area contributed by atoms with Gasteiger partial charge in [-0.2, -0.15) is 0 Å². The maximum Gasteiger partial charge on any atom is 0.322 e. The molecular weight excluding hydrogens is 490 g/mol. The second-order valence-electron chi connectivity index (χ2n) is 9.21. The van der Waals surface area contributed by atoms with Crippen LogP contribution in [-0.2, 0) is 32.3 Å². The van der Waals surface area contributed by atoms with Crippen molar-refractivity contribution < 1.29 is 18.3 Å². The van der Waals surface area contributed by atoms with E-state index in [2.05, 4.69) is 22.2 Å². The number of benzene rings is 1. The molecule has 0 amide bonds. The molecule has 198 valence electrons. The molecule has 37 heavy (non-hydrogen) atoms. The lowest BCUT2D eigenvalue weighted by molar-refractivity contribution is -0.134. The van der Waals surface area contributed by atoms with Gasteiger partial charge in [0.1, 0.15) is 12.4 Å². The molecule has 0 saturated heterocycles. The van der Waals surface area contributed by atoms with E-state index in [1.54, 1.807) is 30.3 Å². The van der Waals surface area contributed by atoms with Gasteiger partial charge >= 0.3 is 5.97 Å². The fourth-order valence-corrected chi connectivity index (χ4v) is 5.74. The first-order valence-electron chi connectivity index (χ1n) is 12.3. The Morgan fingerprint density at radius 3 is 2.54 bits per heavy atom. The normalized spacial score (nSPS) is 13.1. The molecule has 0 aliphatic carbocycles. The van der Waals surface area contributed by atoms with E-state index in [-0.39, 0.29) is 29.5 Å². The number of aliphatic carboxylic acids is 1. The van der Waals surface area contributed by atoms with Crippen LogP contribution < -0.4 is 16.0 Å². The first kappa shape index (κ1) is 28.1. The van der Waals surface area contributed by atoms with Crippen LogP contribution in [0.4, 0.5) is 11.5 Å². The van der Waals surface area contributed by atoms with Crippen LogP contribution in [0.25, 0.3) is 0 Å². The third kappa shape index (κ3) is 6.64. The summed E-state index contributed by atoms with van der Waals surface area (Å²) >= 11 is 0. The minimum absolute atomic E-state index is 0.0582. The number of carboxylic acid groups (broad SMARTS) is 1. The minimum atomic E-state index is -4.21. The van der Waals surface area contributed by atoms with Crippen molar-refractivity contribution in [1.29, 1.82) is 0 Å². The summed E-state index contributed by atoms with van der Waals surface area (Å²) in [6.07, 6.45) is 5.62. The Morgan fingerprint density at radius 2 is 1.89 bits per heavy atom. The minimum Gasteiger partial charge on any atom is -0.480 e. The maximum absolute atomic E-state index is 13.9. The number of nitrogens with zero attached hydrogens (tertiary/aromatic N) is 3. The van der Waals surface area contributed by atoms with Gasteiger partial charge in [-0.1, -0.05) is 44.0 Å². The van der Waals surface area contributed by atoms with Crippen LogP contribution in [0, 0.1) is 0 Å². The number of rotatable bonds is 13. The van der Waals surface area contributed by atoms with Crippen LogP contribution in [0.1, 0.15) is 43.0 Å². The van der Waals surface area contributed by atoms with Gasteiger partial charge in [0.25, 0.3) is 0 Å². The van der Waals surface area contributed by atoms with Crippen molar-refractivity contribution >= 4 is 27.3 Å². The lowest BCUT2D eigenvalue weighted by Gasteiger charge is -2.29. The van der Waals surface area contributed by atoms with Gasteiger partial charge in [0.15, 0.2) is 9.90 Å². The Bertz CT molecular complexity index is 1320. The molecule has 0 radical (unpaired) electrons. The lowest BCUT2D eigenvalue weighted by atomic mass is 9.97. The number of aryl methyl sites for hydroxylation is 1. The smallest absolute Gasteiger partial charge is 0.322 e. The fraction of sp³-hybridized carbons (Fsp3) is 0.370. The maximum atomic E-state index is 13.9.